The van der Waals surface area contributed by atoms with Crippen molar-refractivity contribution in [3.8, 4) is 0 Å². The van der Waals surface area contributed by atoms with Crippen molar-refractivity contribution in [3.63, 3.8) is 0 Å². The molecule has 0 radical (unpaired) electrons. The van der Waals surface area contributed by atoms with Gasteiger partial charge in [0.1, 0.15) is 0 Å². The molecule has 0 atom stereocenters. The van der Waals surface area contributed by atoms with Gasteiger partial charge in [-0.1, -0.05) is 28.1 Å². The molecule has 19 heavy (non-hydrogen) atoms. The highest BCUT2D eigenvalue weighted by Crippen LogP contribution is 2.22. The van der Waals surface area contributed by atoms with Crippen LogP contribution in [0.2, 0.25) is 0 Å². The summed E-state index contributed by atoms with van der Waals surface area (Å²) in [6.07, 6.45) is 1.76. The van der Waals surface area contributed by atoms with Gasteiger partial charge in [0.05, 0.1) is 0 Å². The zero-order chi connectivity index (χ0) is 13.4. The average molecular weight is 319 g/mol. The first-order valence-corrected chi connectivity index (χ1v) is 7.17. The van der Waals surface area contributed by atoms with Crippen molar-refractivity contribution < 1.29 is 4.79 Å². The van der Waals surface area contributed by atoms with Gasteiger partial charge in [-0.3, -0.25) is 4.79 Å². The molecule has 1 saturated carbocycles. The van der Waals surface area contributed by atoms with Crippen molar-refractivity contribution in [2.75, 3.05) is 0 Å². The number of carbonyl (C=O) groups excluding carboxylic acids is 1. The van der Waals surface area contributed by atoms with Gasteiger partial charge in [0.15, 0.2) is 0 Å². The molecule has 2 aromatic rings. The highest BCUT2D eigenvalue weighted by Gasteiger charge is 2.27. The van der Waals surface area contributed by atoms with Crippen molar-refractivity contribution in [2.45, 2.75) is 24.9 Å². The largest absolute Gasteiger partial charge is 0.349 e. The Morgan fingerprint density at radius 3 is 2.58 bits per heavy atom. The summed E-state index contributed by atoms with van der Waals surface area (Å²) in [4.78, 5) is 12.1. The molecular weight excluding hydrogens is 304 g/mol. The molecule has 1 amide bonds. The number of fused-ring (bicyclic) bond motifs is 1. The molecule has 2 aromatic carbocycles. The van der Waals surface area contributed by atoms with Crippen molar-refractivity contribution in [3.05, 3.63) is 46.4 Å². The first-order chi connectivity index (χ1) is 9.11. The van der Waals surface area contributed by atoms with E-state index in [1.165, 1.54) is 0 Å². The van der Waals surface area contributed by atoms with Gasteiger partial charge in [-0.05, 0) is 47.9 Å². The van der Waals surface area contributed by atoms with E-state index in [1.54, 1.807) is 0 Å². The van der Waals surface area contributed by atoms with Crippen LogP contribution in [-0.4, -0.2) is 18.0 Å². The van der Waals surface area contributed by atoms with Gasteiger partial charge in [0.2, 0.25) is 0 Å². The molecule has 0 unspecified atom stereocenters. The molecule has 1 aliphatic carbocycles. The lowest BCUT2D eigenvalue weighted by atomic mass is 9.87. The maximum Gasteiger partial charge on any atom is 0.251 e. The molecule has 98 valence electrons. The highest BCUT2D eigenvalue weighted by atomic mass is 79.9. The third kappa shape index (κ3) is 2.65. The Kier molecular flexibility index (Phi) is 3.29. The van der Waals surface area contributed by atoms with Crippen LogP contribution in [0.3, 0.4) is 0 Å². The zero-order valence-corrected chi connectivity index (χ0v) is 12.0. The van der Waals surface area contributed by atoms with E-state index in [9.17, 15) is 4.79 Å². The van der Waals surface area contributed by atoms with E-state index in [0.717, 1.165) is 28.1 Å². The van der Waals surface area contributed by atoms with Gasteiger partial charge in [0, 0.05) is 22.1 Å². The Bertz CT molecular complexity index is 635. The van der Waals surface area contributed by atoms with Crippen LogP contribution in [0.15, 0.2) is 40.9 Å². The predicted molar refractivity (Wildman–Crippen MR) is 80.1 cm³/mol. The normalized spacial score (nSPS) is 22.0. The number of carbonyl (C=O) groups is 1. The quantitative estimate of drug-likeness (QED) is 0.894. The van der Waals surface area contributed by atoms with E-state index >= 15 is 0 Å². The van der Waals surface area contributed by atoms with E-state index in [1.807, 2.05) is 36.4 Å². The lowest BCUT2D eigenvalue weighted by molar-refractivity contribution is 0.0910. The molecule has 3 rings (SSSR count). The molecule has 4 heteroatoms. The number of halogens is 1. The maximum absolute atomic E-state index is 12.1. The summed E-state index contributed by atoms with van der Waals surface area (Å²) in [5, 5.41) is 5.20. The van der Waals surface area contributed by atoms with Crippen LogP contribution < -0.4 is 11.1 Å². The van der Waals surface area contributed by atoms with E-state index in [-0.39, 0.29) is 18.0 Å². The third-order valence-electron chi connectivity index (χ3n) is 3.57. The fourth-order valence-corrected chi connectivity index (χ4v) is 2.79. The molecule has 3 N–H and O–H groups in total. The van der Waals surface area contributed by atoms with Crippen LogP contribution in [0.4, 0.5) is 0 Å². The number of amides is 1. The number of rotatable bonds is 2. The molecular formula is C15H15BrN2O. The van der Waals surface area contributed by atoms with Gasteiger partial charge in [-0.25, -0.2) is 0 Å². The van der Waals surface area contributed by atoms with E-state index in [2.05, 4.69) is 21.2 Å². The molecule has 0 aromatic heterocycles. The Labute approximate surface area is 120 Å². The van der Waals surface area contributed by atoms with Crippen LogP contribution >= 0.6 is 15.9 Å². The Morgan fingerprint density at radius 1 is 1.16 bits per heavy atom. The Hall–Kier alpha value is -1.39. The lowest BCUT2D eigenvalue weighted by Gasteiger charge is -2.32. The SMILES string of the molecule is NC1CC(NC(=O)c2ccc3cc(Br)ccc3c2)C1. The number of hydrogen-bond acceptors (Lipinski definition) is 2. The minimum atomic E-state index is -0.0123. The smallest absolute Gasteiger partial charge is 0.251 e. The van der Waals surface area contributed by atoms with Crippen LogP contribution in [0.5, 0.6) is 0 Å². The molecule has 0 heterocycles. The molecule has 1 fully saturated rings. The fourth-order valence-electron chi connectivity index (χ4n) is 2.41. The Morgan fingerprint density at radius 2 is 1.84 bits per heavy atom. The van der Waals surface area contributed by atoms with Crippen LogP contribution in [0, 0.1) is 0 Å². The minimum absolute atomic E-state index is 0.0123. The summed E-state index contributed by atoms with van der Waals surface area (Å²) in [7, 11) is 0. The first kappa shape index (κ1) is 12.6. The van der Waals surface area contributed by atoms with Gasteiger partial charge in [0.25, 0.3) is 5.91 Å². The average Bonchev–Trinajstić information content (AvgIpc) is 2.36. The van der Waals surface area contributed by atoms with E-state index < -0.39 is 0 Å². The molecule has 0 bridgehead atoms. The van der Waals surface area contributed by atoms with Crippen molar-refractivity contribution in [1.29, 1.82) is 0 Å². The number of hydrogen-bond donors (Lipinski definition) is 2. The summed E-state index contributed by atoms with van der Waals surface area (Å²) in [5.41, 5.74) is 6.42. The number of nitrogens with one attached hydrogen (secondary N) is 1. The van der Waals surface area contributed by atoms with Crippen molar-refractivity contribution >= 4 is 32.6 Å². The molecule has 1 aliphatic rings. The van der Waals surface area contributed by atoms with Gasteiger partial charge in [-0.2, -0.15) is 0 Å². The predicted octanol–water partition coefficient (Wildman–Crippen LogP) is 2.82. The fraction of sp³-hybridized carbons (Fsp3) is 0.267. The zero-order valence-electron chi connectivity index (χ0n) is 10.4. The summed E-state index contributed by atoms with van der Waals surface area (Å²) >= 11 is 3.44. The molecule has 0 aliphatic heterocycles. The second kappa shape index (κ2) is 4.94. The van der Waals surface area contributed by atoms with Gasteiger partial charge < -0.3 is 11.1 Å². The number of benzene rings is 2. The molecule has 0 spiro atoms. The van der Waals surface area contributed by atoms with Crippen molar-refractivity contribution in [1.82, 2.24) is 5.32 Å². The van der Waals surface area contributed by atoms with E-state index in [0.29, 0.717) is 5.56 Å². The van der Waals surface area contributed by atoms with E-state index in [4.69, 9.17) is 5.73 Å². The molecule has 3 nitrogen and oxygen atoms in total. The van der Waals surface area contributed by atoms with Gasteiger partial charge in [-0.15, -0.1) is 0 Å². The highest BCUT2D eigenvalue weighted by molar-refractivity contribution is 9.10. The molecule has 0 saturated heterocycles. The van der Waals surface area contributed by atoms with Crippen LogP contribution in [0.1, 0.15) is 23.2 Å². The summed E-state index contributed by atoms with van der Waals surface area (Å²) in [5.74, 6) is -0.0123. The minimum Gasteiger partial charge on any atom is -0.349 e. The Balaban J connectivity index is 1.80. The lowest BCUT2D eigenvalue weighted by Crippen LogP contribution is -2.50. The topological polar surface area (TPSA) is 55.1 Å². The van der Waals surface area contributed by atoms with Gasteiger partial charge >= 0.3 is 0 Å². The monoisotopic (exact) mass is 318 g/mol. The summed E-state index contributed by atoms with van der Waals surface area (Å²) < 4.78 is 1.04. The number of nitrogens with two attached hydrogens (primary N) is 1. The maximum atomic E-state index is 12.1. The first-order valence-electron chi connectivity index (χ1n) is 6.37. The summed E-state index contributed by atoms with van der Waals surface area (Å²) in [6, 6.07) is 12.3. The van der Waals surface area contributed by atoms with Crippen molar-refractivity contribution in [2.24, 2.45) is 5.73 Å². The second-order valence-corrected chi connectivity index (χ2v) is 6.02. The standard InChI is InChI=1S/C15H15BrN2O/c16-12-4-3-9-5-11(2-1-10(9)6-12)15(19)18-14-7-13(17)8-14/h1-6,13-14H,7-8,17H2,(H,18,19). The van der Waals surface area contributed by atoms with Crippen LogP contribution in [0.25, 0.3) is 10.8 Å². The summed E-state index contributed by atoms with van der Waals surface area (Å²) in [6.45, 7) is 0. The third-order valence-corrected chi connectivity index (χ3v) is 4.07. The second-order valence-electron chi connectivity index (χ2n) is 5.11. The van der Waals surface area contributed by atoms with Crippen LogP contribution in [-0.2, 0) is 0 Å².